The molecule has 0 aliphatic heterocycles. The molecule has 76 valence electrons. The summed E-state index contributed by atoms with van der Waals surface area (Å²) in [6.07, 6.45) is 0. The van der Waals surface area contributed by atoms with Crippen LogP contribution in [0.5, 0.6) is 5.75 Å². The van der Waals surface area contributed by atoms with Gasteiger partial charge in [-0.15, -0.1) is 11.6 Å². The van der Waals surface area contributed by atoms with Gasteiger partial charge in [-0.2, -0.15) is 0 Å². The van der Waals surface area contributed by atoms with Gasteiger partial charge in [0.2, 0.25) is 0 Å². The van der Waals surface area contributed by atoms with Gasteiger partial charge in [0.25, 0.3) is 0 Å². The molecule has 0 aliphatic carbocycles. The normalized spacial score (nSPS) is 12.1. The summed E-state index contributed by atoms with van der Waals surface area (Å²) in [7, 11) is 0. The van der Waals surface area contributed by atoms with Crippen molar-refractivity contribution in [1.29, 1.82) is 0 Å². The number of hydrogen-bond acceptors (Lipinski definition) is 2. The van der Waals surface area contributed by atoms with Crippen LogP contribution in [0.2, 0.25) is 0 Å². The fourth-order valence-corrected chi connectivity index (χ4v) is 0.968. The average Bonchev–Trinajstić information content (AvgIpc) is 2.15. The van der Waals surface area contributed by atoms with Crippen LogP contribution in [-0.4, -0.2) is 23.1 Å². The Morgan fingerprint density at radius 1 is 1.50 bits per heavy atom. The van der Waals surface area contributed by atoms with Crippen molar-refractivity contribution in [2.24, 2.45) is 0 Å². The third-order valence-corrected chi connectivity index (χ3v) is 1.71. The number of alkyl halides is 1. The zero-order valence-corrected chi connectivity index (χ0v) is 8.49. The molecule has 0 aromatic heterocycles. The second-order valence-corrected chi connectivity index (χ2v) is 3.67. The van der Waals surface area contributed by atoms with Gasteiger partial charge >= 0.3 is 5.97 Å². The van der Waals surface area contributed by atoms with Gasteiger partial charge in [0.05, 0.1) is 10.9 Å². The van der Waals surface area contributed by atoms with Crippen LogP contribution in [0.1, 0.15) is 17.3 Å². The lowest BCUT2D eigenvalue weighted by Crippen LogP contribution is -2.07. The van der Waals surface area contributed by atoms with Crippen LogP contribution in [0.25, 0.3) is 0 Å². The van der Waals surface area contributed by atoms with E-state index in [1.54, 1.807) is 12.1 Å². The molecule has 1 unspecified atom stereocenters. The van der Waals surface area contributed by atoms with Crippen molar-refractivity contribution < 1.29 is 14.6 Å². The fraction of sp³-hybridized carbons (Fsp3) is 0.300. The minimum Gasteiger partial charge on any atom is -0.492 e. The van der Waals surface area contributed by atoms with Crippen molar-refractivity contribution in [3.8, 4) is 5.75 Å². The molecule has 1 aromatic carbocycles. The maximum absolute atomic E-state index is 10.5. The van der Waals surface area contributed by atoms with Crippen molar-refractivity contribution in [3.63, 3.8) is 0 Å². The second kappa shape index (κ2) is 4.86. The molecular formula is C10H11ClO3. The van der Waals surface area contributed by atoms with Gasteiger partial charge in [-0.3, -0.25) is 0 Å². The smallest absolute Gasteiger partial charge is 0.335 e. The van der Waals surface area contributed by atoms with Crippen LogP contribution < -0.4 is 4.74 Å². The molecule has 1 N–H and O–H groups in total. The van der Waals surface area contributed by atoms with Crippen molar-refractivity contribution in [2.45, 2.75) is 12.3 Å². The molecule has 0 radical (unpaired) electrons. The number of carboxylic acid groups (broad SMARTS) is 1. The minimum atomic E-state index is -0.942. The minimum absolute atomic E-state index is 0.0610. The van der Waals surface area contributed by atoms with E-state index in [0.717, 1.165) is 0 Å². The monoisotopic (exact) mass is 214 g/mol. The summed E-state index contributed by atoms with van der Waals surface area (Å²) in [6.45, 7) is 2.24. The third kappa shape index (κ3) is 3.26. The van der Waals surface area contributed by atoms with Gasteiger partial charge in [0, 0.05) is 0 Å². The van der Waals surface area contributed by atoms with Gasteiger partial charge in [0.1, 0.15) is 12.4 Å². The van der Waals surface area contributed by atoms with Crippen molar-refractivity contribution in [1.82, 2.24) is 0 Å². The van der Waals surface area contributed by atoms with E-state index in [9.17, 15) is 4.79 Å². The molecule has 0 bridgehead atoms. The van der Waals surface area contributed by atoms with Crippen molar-refractivity contribution in [2.75, 3.05) is 6.61 Å². The lowest BCUT2D eigenvalue weighted by molar-refractivity contribution is 0.0697. The molecule has 14 heavy (non-hydrogen) atoms. The molecule has 1 rings (SSSR count). The molecule has 0 amide bonds. The number of rotatable bonds is 4. The SMILES string of the molecule is CC(Cl)COc1ccc(C(=O)O)cc1. The van der Waals surface area contributed by atoms with E-state index >= 15 is 0 Å². The van der Waals surface area contributed by atoms with Gasteiger partial charge in [-0.05, 0) is 31.2 Å². The quantitative estimate of drug-likeness (QED) is 0.783. The van der Waals surface area contributed by atoms with Gasteiger partial charge in [0.15, 0.2) is 0 Å². The van der Waals surface area contributed by atoms with E-state index in [0.29, 0.717) is 12.4 Å². The van der Waals surface area contributed by atoms with Crippen molar-refractivity contribution in [3.05, 3.63) is 29.8 Å². The summed E-state index contributed by atoms with van der Waals surface area (Å²) in [5, 5.41) is 8.57. The molecule has 3 nitrogen and oxygen atoms in total. The zero-order valence-electron chi connectivity index (χ0n) is 7.74. The molecule has 0 heterocycles. The Kier molecular flexibility index (Phi) is 3.77. The first-order chi connectivity index (χ1) is 6.59. The van der Waals surface area contributed by atoms with E-state index in [2.05, 4.69) is 0 Å². The summed E-state index contributed by atoms with van der Waals surface area (Å²) in [5.41, 5.74) is 0.247. The maximum Gasteiger partial charge on any atom is 0.335 e. The molecule has 0 saturated carbocycles. The topological polar surface area (TPSA) is 46.5 Å². The van der Waals surface area contributed by atoms with Crippen LogP contribution in [0.4, 0.5) is 0 Å². The van der Waals surface area contributed by atoms with Crippen LogP contribution in [0, 0.1) is 0 Å². The Morgan fingerprint density at radius 3 is 2.50 bits per heavy atom. The van der Waals surface area contributed by atoms with E-state index in [1.807, 2.05) is 6.92 Å². The highest BCUT2D eigenvalue weighted by Gasteiger charge is 2.02. The van der Waals surface area contributed by atoms with Crippen LogP contribution in [0.15, 0.2) is 24.3 Å². The summed E-state index contributed by atoms with van der Waals surface area (Å²) in [4.78, 5) is 10.5. The number of aromatic carboxylic acids is 1. The second-order valence-electron chi connectivity index (χ2n) is 2.92. The molecule has 0 aliphatic rings. The van der Waals surface area contributed by atoms with Crippen molar-refractivity contribution >= 4 is 17.6 Å². The fourth-order valence-electron chi connectivity index (χ4n) is 0.905. The van der Waals surface area contributed by atoms with E-state index in [4.69, 9.17) is 21.4 Å². The Balaban J connectivity index is 2.60. The van der Waals surface area contributed by atoms with E-state index < -0.39 is 5.97 Å². The summed E-state index contributed by atoms with van der Waals surface area (Å²) < 4.78 is 5.28. The molecule has 0 spiro atoms. The summed E-state index contributed by atoms with van der Waals surface area (Å²) in [5.74, 6) is -0.315. The highest BCUT2D eigenvalue weighted by molar-refractivity contribution is 6.20. The number of carbonyl (C=O) groups is 1. The summed E-state index contributed by atoms with van der Waals surface area (Å²) in [6, 6.07) is 6.22. The standard InChI is InChI=1S/C10H11ClO3/c1-7(11)6-14-9-4-2-8(3-5-9)10(12)13/h2-5,7H,6H2,1H3,(H,12,13). The number of halogens is 1. The van der Waals surface area contributed by atoms with Crippen LogP contribution in [-0.2, 0) is 0 Å². The van der Waals surface area contributed by atoms with Gasteiger partial charge in [-0.1, -0.05) is 0 Å². The molecular weight excluding hydrogens is 204 g/mol. The lowest BCUT2D eigenvalue weighted by atomic mass is 10.2. The van der Waals surface area contributed by atoms with E-state index in [-0.39, 0.29) is 10.9 Å². The van der Waals surface area contributed by atoms with Gasteiger partial charge in [-0.25, -0.2) is 4.79 Å². The number of benzene rings is 1. The van der Waals surface area contributed by atoms with Gasteiger partial charge < -0.3 is 9.84 Å². The highest BCUT2D eigenvalue weighted by Crippen LogP contribution is 2.12. The zero-order chi connectivity index (χ0) is 10.6. The third-order valence-electron chi connectivity index (χ3n) is 1.58. The molecule has 1 aromatic rings. The molecule has 1 atom stereocenters. The lowest BCUT2D eigenvalue weighted by Gasteiger charge is -2.06. The molecule has 0 saturated heterocycles. The predicted molar refractivity (Wildman–Crippen MR) is 54.2 cm³/mol. The van der Waals surface area contributed by atoms with E-state index in [1.165, 1.54) is 12.1 Å². The first-order valence-electron chi connectivity index (χ1n) is 4.20. The number of hydrogen-bond donors (Lipinski definition) is 1. The van der Waals surface area contributed by atoms with Crippen LogP contribution >= 0.6 is 11.6 Å². The Morgan fingerprint density at radius 2 is 2.07 bits per heavy atom. The predicted octanol–water partition coefficient (Wildman–Crippen LogP) is 2.39. The Bertz CT molecular complexity index is 306. The molecule has 4 heteroatoms. The first-order valence-corrected chi connectivity index (χ1v) is 4.63. The molecule has 0 fully saturated rings. The Hall–Kier alpha value is -1.22. The Labute approximate surface area is 87.3 Å². The first kappa shape index (κ1) is 10.9. The average molecular weight is 215 g/mol. The maximum atomic E-state index is 10.5. The largest absolute Gasteiger partial charge is 0.492 e. The number of ether oxygens (including phenoxy) is 1. The van der Waals surface area contributed by atoms with Crippen LogP contribution in [0.3, 0.4) is 0 Å². The summed E-state index contributed by atoms with van der Waals surface area (Å²) >= 11 is 5.69. The number of carboxylic acids is 1. The highest BCUT2D eigenvalue weighted by atomic mass is 35.5.